The Morgan fingerprint density at radius 3 is 2.58 bits per heavy atom. The molecule has 1 aliphatic rings. The summed E-state index contributed by atoms with van der Waals surface area (Å²) in [4.78, 5) is 0. The van der Waals surface area contributed by atoms with Crippen LogP contribution in [0.5, 0.6) is 5.75 Å². The monoisotopic (exact) mass is 283 g/mol. The van der Waals surface area contributed by atoms with Gasteiger partial charge in [-0.1, -0.05) is 11.6 Å². The molecule has 1 atom stereocenters. The van der Waals surface area contributed by atoms with Crippen molar-refractivity contribution in [2.75, 3.05) is 13.2 Å². The Hall–Kier alpha value is -0.770. The summed E-state index contributed by atoms with van der Waals surface area (Å²) in [6.45, 7) is 5.22. The van der Waals surface area contributed by atoms with Gasteiger partial charge in [0.15, 0.2) is 0 Å². The number of β-amino-alcohol motifs (C(OH)–C–C–N with tert-alkyl or cyclic N) is 1. The lowest BCUT2D eigenvalue weighted by Gasteiger charge is -2.27. The summed E-state index contributed by atoms with van der Waals surface area (Å²) in [5, 5.41) is 14.0. The molecule has 0 heterocycles. The number of hydrogen-bond acceptors (Lipinski definition) is 3. The number of hydrogen-bond donors (Lipinski definition) is 2. The number of aliphatic hydroxyl groups is 1. The van der Waals surface area contributed by atoms with Crippen molar-refractivity contribution in [2.45, 2.75) is 38.3 Å². The molecule has 0 bridgehead atoms. The van der Waals surface area contributed by atoms with E-state index >= 15 is 0 Å². The fourth-order valence-electron chi connectivity index (χ4n) is 2.11. The molecule has 1 aliphatic carbocycles. The van der Waals surface area contributed by atoms with Gasteiger partial charge in [0.2, 0.25) is 0 Å². The van der Waals surface area contributed by atoms with Gasteiger partial charge in [0, 0.05) is 17.1 Å². The average Bonchev–Trinajstić information content (AvgIpc) is 3.20. The lowest BCUT2D eigenvalue weighted by atomic mass is 9.98. The first-order valence-electron chi connectivity index (χ1n) is 6.79. The first-order valence-corrected chi connectivity index (χ1v) is 7.16. The highest BCUT2D eigenvalue weighted by Gasteiger charge is 2.37. The van der Waals surface area contributed by atoms with Crippen molar-refractivity contribution in [3.05, 3.63) is 29.3 Å². The smallest absolute Gasteiger partial charge is 0.119 e. The van der Waals surface area contributed by atoms with E-state index in [9.17, 15) is 5.11 Å². The Labute approximate surface area is 119 Å². The van der Waals surface area contributed by atoms with Crippen molar-refractivity contribution in [1.82, 2.24) is 5.32 Å². The maximum Gasteiger partial charge on any atom is 0.119 e. The van der Waals surface area contributed by atoms with Gasteiger partial charge >= 0.3 is 0 Å². The zero-order valence-corrected chi connectivity index (χ0v) is 12.3. The fourth-order valence-corrected chi connectivity index (χ4v) is 2.24. The van der Waals surface area contributed by atoms with Gasteiger partial charge in [0.25, 0.3) is 0 Å². The highest BCUT2D eigenvalue weighted by Crippen LogP contribution is 2.39. The third kappa shape index (κ3) is 4.68. The zero-order valence-electron chi connectivity index (χ0n) is 11.5. The van der Waals surface area contributed by atoms with Crippen LogP contribution in [0, 0.1) is 5.92 Å². The predicted octanol–water partition coefficient (Wildman–Crippen LogP) is 2.86. The molecule has 1 fully saturated rings. The molecule has 3 nitrogen and oxygen atoms in total. The first kappa shape index (κ1) is 14.6. The minimum atomic E-state index is -0.506. The summed E-state index contributed by atoms with van der Waals surface area (Å²) in [5.41, 5.74) is 0.112. The standard InChI is InChI=1S/C15H22ClNO2/c1-15(2,11-3-4-11)17-9-13(18)10-19-14-7-5-12(16)6-8-14/h5-8,11,13,17-18H,3-4,9-10H2,1-2H3. The van der Waals surface area contributed by atoms with Gasteiger partial charge in [0.05, 0.1) is 0 Å². The zero-order chi connectivity index (χ0) is 13.9. The maximum absolute atomic E-state index is 9.92. The summed E-state index contributed by atoms with van der Waals surface area (Å²) in [7, 11) is 0. The van der Waals surface area contributed by atoms with Crippen molar-refractivity contribution in [3.8, 4) is 5.75 Å². The molecule has 2 N–H and O–H groups in total. The Morgan fingerprint density at radius 1 is 1.37 bits per heavy atom. The number of rotatable bonds is 7. The van der Waals surface area contributed by atoms with E-state index in [2.05, 4.69) is 19.2 Å². The molecule has 0 radical (unpaired) electrons. The third-order valence-corrected chi connectivity index (χ3v) is 3.90. The van der Waals surface area contributed by atoms with Crippen LogP contribution in [0.25, 0.3) is 0 Å². The lowest BCUT2D eigenvalue weighted by molar-refractivity contribution is 0.0971. The topological polar surface area (TPSA) is 41.5 Å². The van der Waals surface area contributed by atoms with Gasteiger partial charge < -0.3 is 15.2 Å². The van der Waals surface area contributed by atoms with E-state index in [1.807, 2.05) is 0 Å². The van der Waals surface area contributed by atoms with Crippen LogP contribution < -0.4 is 10.1 Å². The second-order valence-corrected chi connectivity index (χ2v) is 6.23. The molecule has 19 heavy (non-hydrogen) atoms. The Balaban J connectivity index is 1.69. The van der Waals surface area contributed by atoms with E-state index in [1.165, 1.54) is 12.8 Å². The summed E-state index contributed by atoms with van der Waals surface area (Å²) in [6, 6.07) is 7.16. The molecule has 1 unspecified atom stereocenters. The van der Waals surface area contributed by atoms with Crippen LogP contribution in [-0.4, -0.2) is 29.9 Å². The summed E-state index contributed by atoms with van der Waals surface area (Å²) < 4.78 is 5.52. The number of halogens is 1. The molecule has 1 saturated carbocycles. The van der Waals surface area contributed by atoms with Gasteiger partial charge in [-0.3, -0.25) is 0 Å². The Kier molecular flexibility index (Phi) is 4.71. The molecular weight excluding hydrogens is 262 g/mol. The maximum atomic E-state index is 9.92. The Bertz CT molecular complexity index is 401. The lowest BCUT2D eigenvalue weighted by Crippen LogP contribution is -2.46. The molecule has 1 aromatic rings. The second kappa shape index (κ2) is 6.12. The number of nitrogens with one attached hydrogen (secondary N) is 1. The van der Waals surface area contributed by atoms with E-state index < -0.39 is 6.10 Å². The number of aliphatic hydroxyl groups excluding tert-OH is 1. The first-order chi connectivity index (χ1) is 8.97. The van der Waals surface area contributed by atoms with Crippen LogP contribution in [-0.2, 0) is 0 Å². The molecule has 0 saturated heterocycles. The third-order valence-electron chi connectivity index (χ3n) is 3.65. The molecule has 0 amide bonds. The molecule has 2 rings (SSSR count). The van der Waals surface area contributed by atoms with Gasteiger partial charge in [-0.05, 0) is 56.9 Å². The quantitative estimate of drug-likeness (QED) is 0.808. The predicted molar refractivity (Wildman–Crippen MR) is 77.8 cm³/mol. The molecule has 4 heteroatoms. The summed E-state index contributed by atoms with van der Waals surface area (Å²) >= 11 is 5.79. The largest absolute Gasteiger partial charge is 0.491 e. The van der Waals surface area contributed by atoms with E-state index in [0.717, 1.165) is 11.7 Å². The van der Waals surface area contributed by atoms with Crippen LogP contribution in [0.2, 0.25) is 5.02 Å². The van der Waals surface area contributed by atoms with Crippen LogP contribution >= 0.6 is 11.6 Å². The molecule has 0 aliphatic heterocycles. The highest BCUT2D eigenvalue weighted by molar-refractivity contribution is 6.30. The molecule has 0 aromatic heterocycles. The van der Waals surface area contributed by atoms with Crippen LogP contribution in [0.3, 0.4) is 0 Å². The molecular formula is C15H22ClNO2. The van der Waals surface area contributed by atoms with Gasteiger partial charge in [-0.25, -0.2) is 0 Å². The van der Waals surface area contributed by atoms with Crippen molar-refractivity contribution < 1.29 is 9.84 Å². The average molecular weight is 284 g/mol. The van der Waals surface area contributed by atoms with Gasteiger partial charge in [-0.2, -0.15) is 0 Å². The Morgan fingerprint density at radius 2 is 2.00 bits per heavy atom. The van der Waals surface area contributed by atoms with Gasteiger partial charge in [0.1, 0.15) is 18.5 Å². The minimum absolute atomic E-state index is 0.112. The molecule has 1 aromatic carbocycles. The fraction of sp³-hybridized carbons (Fsp3) is 0.600. The van der Waals surface area contributed by atoms with Crippen molar-refractivity contribution >= 4 is 11.6 Å². The number of ether oxygens (including phenoxy) is 1. The summed E-state index contributed by atoms with van der Waals surface area (Å²) in [6.07, 6.45) is 2.07. The number of benzene rings is 1. The van der Waals surface area contributed by atoms with Gasteiger partial charge in [-0.15, -0.1) is 0 Å². The van der Waals surface area contributed by atoms with Crippen LogP contribution in [0.15, 0.2) is 24.3 Å². The van der Waals surface area contributed by atoms with Crippen molar-refractivity contribution in [3.63, 3.8) is 0 Å². The van der Waals surface area contributed by atoms with Crippen molar-refractivity contribution in [1.29, 1.82) is 0 Å². The minimum Gasteiger partial charge on any atom is -0.491 e. The molecule has 106 valence electrons. The summed E-state index contributed by atoms with van der Waals surface area (Å²) in [5.74, 6) is 1.47. The van der Waals surface area contributed by atoms with Crippen LogP contribution in [0.4, 0.5) is 0 Å². The SMILES string of the molecule is CC(C)(NCC(O)COc1ccc(Cl)cc1)C1CC1. The highest BCUT2D eigenvalue weighted by atomic mass is 35.5. The normalized spacial score (nSPS) is 17.3. The van der Waals surface area contributed by atoms with Crippen LogP contribution in [0.1, 0.15) is 26.7 Å². The van der Waals surface area contributed by atoms with E-state index in [1.54, 1.807) is 24.3 Å². The second-order valence-electron chi connectivity index (χ2n) is 5.80. The van der Waals surface area contributed by atoms with E-state index in [0.29, 0.717) is 11.6 Å². The van der Waals surface area contributed by atoms with Crippen molar-refractivity contribution in [2.24, 2.45) is 5.92 Å². The molecule has 0 spiro atoms. The van der Waals surface area contributed by atoms with E-state index in [4.69, 9.17) is 16.3 Å². The van der Waals surface area contributed by atoms with E-state index in [-0.39, 0.29) is 12.1 Å².